The van der Waals surface area contributed by atoms with Gasteiger partial charge in [0.15, 0.2) is 0 Å². The molecule has 208 valence electrons. The zero-order valence-corrected chi connectivity index (χ0v) is 23.6. The van der Waals surface area contributed by atoms with E-state index in [1.165, 1.54) is 11.6 Å². The van der Waals surface area contributed by atoms with E-state index in [9.17, 15) is 9.59 Å². The van der Waals surface area contributed by atoms with Crippen molar-refractivity contribution < 1.29 is 23.8 Å². The lowest BCUT2D eigenvalue weighted by atomic mass is 9.83. The molecule has 0 unspecified atom stereocenters. The molecule has 7 heteroatoms. The molecule has 1 saturated carbocycles. The Morgan fingerprint density at radius 2 is 1.97 bits per heavy atom. The van der Waals surface area contributed by atoms with Crippen molar-refractivity contribution in [3.63, 3.8) is 0 Å². The van der Waals surface area contributed by atoms with Crippen molar-refractivity contribution in [3.05, 3.63) is 60.0 Å². The van der Waals surface area contributed by atoms with Gasteiger partial charge in [0.1, 0.15) is 11.8 Å². The number of carbonyl (C=O) groups is 2. The lowest BCUT2D eigenvalue weighted by Gasteiger charge is -2.38. The summed E-state index contributed by atoms with van der Waals surface area (Å²) in [5, 5.41) is 3.10. The van der Waals surface area contributed by atoms with Gasteiger partial charge in [-0.2, -0.15) is 0 Å². The number of hydrogen-bond donors (Lipinski definition) is 1. The molecule has 2 saturated heterocycles. The van der Waals surface area contributed by atoms with Gasteiger partial charge in [0, 0.05) is 38.2 Å². The molecule has 1 spiro atoms. The van der Waals surface area contributed by atoms with Crippen LogP contribution >= 0.6 is 0 Å². The van der Waals surface area contributed by atoms with Crippen LogP contribution in [0, 0.1) is 5.92 Å². The first-order valence-corrected chi connectivity index (χ1v) is 14.0. The fourth-order valence-electron chi connectivity index (χ4n) is 5.77. The Morgan fingerprint density at radius 1 is 1.24 bits per heavy atom. The van der Waals surface area contributed by atoms with Gasteiger partial charge in [-0.3, -0.25) is 4.79 Å². The van der Waals surface area contributed by atoms with Crippen molar-refractivity contribution in [2.75, 3.05) is 6.61 Å². The maximum absolute atomic E-state index is 12.4. The maximum atomic E-state index is 12.4. The van der Waals surface area contributed by atoms with Gasteiger partial charge in [-0.1, -0.05) is 23.8 Å². The van der Waals surface area contributed by atoms with Gasteiger partial charge >= 0.3 is 5.97 Å². The van der Waals surface area contributed by atoms with Crippen LogP contribution < -0.4 is 5.32 Å². The molecule has 7 nitrogen and oxygen atoms in total. The normalized spacial score (nSPS) is 30.0. The van der Waals surface area contributed by atoms with Crippen molar-refractivity contribution in [1.29, 1.82) is 0 Å². The number of amides is 1. The second-order valence-electron chi connectivity index (χ2n) is 12.0. The molecule has 1 aromatic rings. The van der Waals surface area contributed by atoms with Crippen LogP contribution in [0.5, 0.6) is 0 Å². The third-order valence-electron chi connectivity index (χ3n) is 7.85. The predicted octanol–water partition coefficient (Wildman–Crippen LogP) is 5.42. The fraction of sp³-hybridized carbons (Fsp3) is 0.613. The number of aromatic nitrogens is 1. The zero-order valence-electron chi connectivity index (χ0n) is 23.6. The third-order valence-corrected chi connectivity index (χ3v) is 7.85. The number of epoxide rings is 1. The van der Waals surface area contributed by atoms with Crippen LogP contribution in [0.15, 0.2) is 54.3 Å². The monoisotopic (exact) mass is 524 g/mol. The standard InChI is InChI=1S/C31H44N2O5/c1-22(9-16-26-19-31(21-36-31)20-30(3,4)38-26)8-11-24-12-14-25(15-13-24)32-28(34)17-10-23(2)37-29(35)27-7-6-18-33(27)5/h6-10,16-18,23-26H,11-15,19-21H2,1-5H3,(H,32,34)/t23-,24?,25?,26+,31+/m0/s1. The van der Waals surface area contributed by atoms with E-state index in [0.29, 0.717) is 11.6 Å². The van der Waals surface area contributed by atoms with E-state index in [0.717, 1.165) is 51.6 Å². The minimum absolute atomic E-state index is 0.0471. The van der Waals surface area contributed by atoms with E-state index in [1.807, 2.05) is 0 Å². The summed E-state index contributed by atoms with van der Waals surface area (Å²) in [5.74, 6) is 0.107. The number of aryl methyl sites for hydroxylation is 1. The minimum atomic E-state index is -0.484. The van der Waals surface area contributed by atoms with Crippen LogP contribution in [0.2, 0.25) is 0 Å². The number of ether oxygens (including phenoxy) is 3. The number of rotatable bonds is 9. The van der Waals surface area contributed by atoms with Gasteiger partial charge in [0.25, 0.3) is 0 Å². The van der Waals surface area contributed by atoms with E-state index in [1.54, 1.807) is 42.9 Å². The van der Waals surface area contributed by atoms with Crippen LogP contribution in [-0.4, -0.2) is 52.5 Å². The highest BCUT2D eigenvalue weighted by atomic mass is 16.6. The molecule has 1 aliphatic carbocycles. The molecule has 0 aromatic carbocycles. The molecule has 3 atom stereocenters. The van der Waals surface area contributed by atoms with Crippen molar-refractivity contribution >= 4 is 11.9 Å². The van der Waals surface area contributed by atoms with E-state index >= 15 is 0 Å². The first-order chi connectivity index (χ1) is 18.0. The van der Waals surface area contributed by atoms with Crippen LogP contribution in [0.25, 0.3) is 0 Å². The fourth-order valence-corrected chi connectivity index (χ4v) is 5.77. The van der Waals surface area contributed by atoms with Gasteiger partial charge in [-0.25, -0.2) is 4.79 Å². The maximum Gasteiger partial charge on any atom is 0.355 e. The predicted molar refractivity (Wildman–Crippen MR) is 148 cm³/mol. The molecule has 3 fully saturated rings. The summed E-state index contributed by atoms with van der Waals surface area (Å²) in [4.78, 5) is 24.6. The first kappa shape index (κ1) is 28.4. The lowest BCUT2D eigenvalue weighted by molar-refractivity contribution is -0.117. The molecule has 0 bridgehead atoms. The smallest absolute Gasteiger partial charge is 0.355 e. The van der Waals surface area contributed by atoms with Crippen LogP contribution in [0.4, 0.5) is 0 Å². The number of esters is 1. The molecule has 2 aliphatic heterocycles. The minimum Gasteiger partial charge on any atom is -0.454 e. The van der Waals surface area contributed by atoms with Crippen molar-refractivity contribution in [1.82, 2.24) is 9.88 Å². The molecule has 38 heavy (non-hydrogen) atoms. The number of allylic oxidation sites excluding steroid dienone is 3. The summed E-state index contributed by atoms with van der Waals surface area (Å²) in [6, 6.07) is 3.69. The summed E-state index contributed by atoms with van der Waals surface area (Å²) in [7, 11) is 1.79. The summed E-state index contributed by atoms with van der Waals surface area (Å²) < 4.78 is 19.1. The molecule has 4 rings (SSSR count). The Kier molecular flexibility index (Phi) is 8.99. The Labute approximate surface area is 227 Å². The molecule has 1 amide bonds. The Balaban J connectivity index is 1.14. The van der Waals surface area contributed by atoms with Gasteiger partial charge in [0.05, 0.1) is 23.9 Å². The van der Waals surface area contributed by atoms with Gasteiger partial charge in [-0.05, 0) is 83.9 Å². The zero-order chi connectivity index (χ0) is 27.3. The van der Waals surface area contributed by atoms with Crippen molar-refractivity contribution in [2.24, 2.45) is 13.0 Å². The second kappa shape index (κ2) is 12.0. The Hall–Kier alpha value is -2.64. The molecular formula is C31H44N2O5. The Bertz CT molecular complexity index is 1060. The highest BCUT2D eigenvalue weighted by Crippen LogP contribution is 2.46. The molecule has 1 aromatic heterocycles. The average molecular weight is 525 g/mol. The van der Waals surface area contributed by atoms with E-state index < -0.39 is 12.1 Å². The summed E-state index contributed by atoms with van der Waals surface area (Å²) >= 11 is 0. The molecule has 1 N–H and O–H groups in total. The van der Waals surface area contributed by atoms with Crippen LogP contribution in [0.3, 0.4) is 0 Å². The average Bonchev–Trinajstić information content (AvgIpc) is 3.43. The topological polar surface area (TPSA) is 82.1 Å². The quantitative estimate of drug-likeness (QED) is 0.202. The summed E-state index contributed by atoms with van der Waals surface area (Å²) in [5.41, 5.74) is 1.66. The largest absolute Gasteiger partial charge is 0.454 e. The Morgan fingerprint density at radius 3 is 2.63 bits per heavy atom. The SMILES string of the molecule is CC(C=C[C@@H]1C[C@]2(CO2)CC(C)(C)O1)=CCC1CCC(NC(=O)C=C[C@H](C)OC(=O)c2cccn2C)CC1. The van der Waals surface area contributed by atoms with Gasteiger partial charge in [0.2, 0.25) is 5.91 Å². The second-order valence-corrected chi connectivity index (χ2v) is 12.0. The van der Waals surface area contributed by atoms with E-state index in [-0.39, 0.29) is 29.3 Å². The number of carbonyl (C=O) groups excluding carboxylic acids is 2. The molecule has 3 aliphatic rings. The van der Waals surface area contributed by atoms with E-state index in [2.05, 4.69) is 44.3 Å². The van der Waals surface area contributed by atoms with E-state index in [4.69, 9.17) is 14.2 Å². The highest BCUT2D eigenvalue weighted by Gasteiger charge is 2.53. The van der Waals surface area contributed by atoms with Crippen molar-refractivity contribution in [2.45, 2.75) is 102 Å². The first-order valence-electron chi connectivity index (χ1n) is 14.0. The van der Waals surface area contributed by atoms with Crippen LogP contribution in [-0.2, 0) is 26.1 Å². The lowest BCUT2D eigenvalue weighted by Crippen LogP contribution is -2.43. The van der Waals surface area contributed by atoms with Crippen molar-refractivity contribution in [3.8, 4) is 0 Å². The molecule has 3 heterocycles. The van der Waals surface area contributed by atoms with Gasteiger partial charge < -0.3 is 24.1 Å². The number of nitrogens with one attached hydrogen (secondary N) is 1. The molecular weight excluding hydrogens is 480 g/mol. The summed E-state index contributed by atoms with van der Waals surface area (Å²) in [6.45, 7) is 9.07. The summed E-state index contributed by atoms with van der Waals surface area (Å²) in [6.07, 6.45) is 18.4. The third kappa shape index (κ3) is 8.18. The van der Waals surface area contributed by atoms with Crippen LogP contribution in [0.1, 0.15) is 83.1 Å². The molecule has 0 radical (unpaired) electrons. The number of hydrogen-bond acceptors (Lipinski definition) is 5. The number of nitrogens with zero attached hydrogens (tertiary/aromatic N) is 1. The van der Waals surface area contributed by atoms with Gasteiger partial charge in [-0.15, -0.1) is 0 Å². The highest BCUT2D eigenvalue weighted by molar-refractivity contribution is 5.89.